The monoisotopic (exact) mass is 248 g/mol. The van der Waals surface area contributed by atoms with Crippen molar-refractivity contribution in [3.8, 4) is 0 Å². The minimum absolute atomic E-state index is 0.00679. The fraction of sp³-hybridized carbons (Fsp3) is 0.385. The summed E-state index contributed by atoms with van der Waals surface area (Å²) in [6, 6.07) is 5.05. The molecule has 18 heavy (non-hydrogen) atoms. The number of benzene rings is 1. The van der Waals surface area contributed by atoms with E-state index in [-0.39, 0.29) is 11.8 Å². The van der Waals surface area contributed by atoms with Crippen molar-refractivity contribution in [1.82, 2.24) is 4.57 Å². The smallest absolute Gasteiger partial charge is 0.408 e. The highest BCUT2D eigenvalue weighted by molar-refractivity contribution is 5.98. The van der Waals surface area contributed by atoms with Gasteiger partial charge in [-0.05, 0) is 31.5 Å². The van der Waals surface area contributed by atoms with Crippen LogP contribution in [0.5, 0.6) is 0 Å². The fourth-order valence-corrected chi connectivity index (χ4v) is 1.81. The lowest BCUT2D eigenvalue weighted by Crippen LogP contribution is -2.16. The van der Waals surface area contributed by atoms with Crippen molar-refractivity contribution in [2.24, 2.45) is 12.8 Å². The first-order valence-corrected chi connectivity index (χ1v) is 5.87. The summed E-state index contributed by atoms with van der Waals surface area (Å²) in [6.45, 7) is 1.87. The van der Waals surface area contributed by atoms with Crippen LogP contribution in [-0.4, -0.2) is 16.4 Å². The minimum Gasteiger partial charge on any atom is -0.408 e. The summed E-state index contributed by atoms with van der Waals surface area (Å²) in [5, 5.41) is 0. The number of ketones is 1. The lowest BCUT2D eigenvalue weighted by atomic mass is 10.0. The molecule has 96 valence electrons. The van der Waals surface area contributed by atoms with E-state index in [9.17, 15) is 9.59 Å². The van der Waals surface area contributed by atoms with Gasteiger partial charge in [-0.1, -0.05) is 0 Å². The molecular formula is C13H16N2O3. The molecule has 1 aromatic heterocycles. The minimum atomic E-state index is -0.426. The molecule has 2 N–H and O–H groups in total. The number of oxazole rings is 1. The molecule has 2 rings (SSSR count). The average molecular weight is 248 g/mol. The summed E-state index contributed by atoms with van der Waals surface area (Å²) >= 11 is 0. The maximum Gasteiger partial charge on any atom is 0.419 e. The molecule has 5 nitrogen and oxygen atoms in total. The molecule has 0 spiro atoms. The molecule has 1 aromatic carbocycles. The van der Waals surface area contributed by atoms with E-state index in [0.29, 0.717) is 29.5 Å². The largest absolute Gasteiger partial charge is 0.419 e. The highest BCUT2D eigenvalue weighted by Gasteiger charge is 2.11. The predicted molar refractivity (Wildman–Crippen MR) is 68.7 cm³/mol. The number of rotatable bonds is 4. The van der Waals surface area contributed by atoms with Crippen LogP contribution < -0.4 is 11.5 Å². The Morgan fingerprint density at radius 1 is 1.50 bits per heavy atom. The number of aryl methyl sites for hydroxylation is 1. The second-order valence-electron chi connectivity index (χ2n) is 4.55. The number of hydrogen-bond acceptors (Lipinski definition) is 4. The van der Waals surface area contributed by atoms with Crippen LogP contribution >= 0.6 is 0 Å². The van der Waals surface area contributed by atoms with Gasteiger partial charge in [-0.15, -0.1) is 0 Å². The number of carbonyl (C=O) groups is 1. The Kier molecular flexibility index (Phi) is 3.34. The van der Waals surface area contributed by atoms with Gasteiger partial charge >= 0.3 is 5.76 Å². The van der Waals surface area contributed by atoms with E-state index >= 15 is 0 Å². The molecule has 2 aromatic rings. The van der Waals surface area contributed by atoms with Gasteiger partial charge in [-0.25, -0.2) is 4.79 Å². The van der Waals surface area contributed by atoms with E-state index in [1.54, 1.807) is 25.2 Å². The van der Waals surface area contributed by atoms with Crippen LogP contribution in [0.2, 0.25) is 0 Å². The van der Waals surface area contributed by atoms with Gasteiger partial charge in [0.15, 0.2) is 11.4 Å². The second-order valence-corrected chi connectivity index (χ2v) is 4.55. The number of carbonyl (C=O) groups excluding carboxylic acids is 1. The Hall–Kier alpha value is -1.88. The number of aromatic nitrogens is 1. The van der Waals surface area contributed by atoms with Crippen molar-refractivity contribution in [1.29, 1.82) is 0 Å². The van der Waals surface area contributed by atoms with Crippen LogP contribution in [-0.2, 0) is 7.05 Å². The predicted octanol–water partition coefficient (Wildman–Crippen LogP) is 1.44. The topological polar surface area (TPSA) is 78.2 Å². The maximum atomic E-state index is 11.9. The van der Waals surface area contributed by atoms with Gasteiger partial charge in [0.2, 0.25) is 0 Å². The third-order valence-corrected chi connectivity index (χ3v) is 2.94. The number of nitrogens with zero attached hydrogens (tertiary/aromatic N) is 1. The normalized spacial score (nSPS) is 12.8. The van der Waals surface area contributed by atoms with Gasteiger partial charge in [0.25, 0.3) is 0 Å². The molecular weight excluding hydrogens is 232 g/mol. The lowest BCUT2D eigenvalue weighted by molar-refractivity contribution is 0.0978. The van der Waals surface area contributed by atoms with E-state index in [1.807, 2.05) is 6.92 Å². The summed E-state index contributed by atoms with van der Waals surface area (Å²) in [6.07, 6.45) is 1.05. The number of nitrogens with two attached hydrogens (primary N) is 1. The Morgan fingerprint density at radius 2 is 2.22 bits per heavy atom. The van der Waals surface area contributed by atoms with E-state index < -0.39 is 5.76 Å². The zero-order chi connectivity index (χ0) is 13.3. The second kappa shape index (κ2) is 4.78. The molecule has 0 radical (unpaired) electrons. The first-order chi connectivity index (χ1) is 8.49. The van der Waals surface area contributed by atoms with Gasteiger partial charge < -0.3 is 10.2 Å². The summed E-state index contributed by atoms with van der Waals surface area (Å²) in [5.41, 5.74) is 7.29. The van der Waals surface area contributed by atoms with Crippen molar-refractivity contribution >= 4 is 16.9 Å². The van der Waals surface area contributed by atoms with E-state index in [0.717, 1.165) is 0 Å². The summed E-state index contributed by atoms with van der Waals surface area (Å²) in [5.74, 6) is -0.411. The van der Waals surface area contributed by atoms with Crippen molar-refractivity contribution in [2.75, 3.05) is 0 Å². The molecule has 0 aliphatic heterocycles. The molecule has 0 amide bonds. The van der Waals surface area contributed by atoms with E-state index in [1.165, 1.54) is 4.57 Å². The Bertz CT molecular complexity index is 637. The fourth-order valence-electron chi connectivity index (χ4n) is 1.81. The van der Waals surface area contributed by atoms with Crippen LogP contribution in [0, 0.1) is 0 Å². The van der Waals surface area contributed by atoms with Crippen LogP contribution in [0.4, 0.5) is 0 Å². The standard InChI is InChI=1S/C13H16N2O3/c1-8(14)3-6-11(16)9-4-5-10-12(7-9)18-13(17)15(10)2/h4-5,7-8H,3,6,14H2,1-2H3. The quantitative estimate of drug-likeness (QED) is 0.830. The van der Waals surface area contributed by atoms with Crippen molar-refractivity contribution in [3.05, 3.63) is 34.3 Å². The number of fused-ring (bicyclic) bond motifs is 1. The van der Waals surface area contributed by atoms with Crippen LogP contribution in [0.3, 0.4) is 0 Å². The molecule has 5 heteroatoms. The molecule has 1 atom stereocenters. The zero-order valence-electron chi connectivity index (χ0n) is 10.5. The highest BCUT2D eigenvalue weighted by atomic mass is 16.4. The highest BCUT2D eigenvalue weighted by Crippen LogP contribution is 2.16. The number of Topliss-reactive ketones (excluding diaryl/α,β-unsaturated/α-hetero) is 1. The van der Waals surface area contributed by atoms with Gasteiger partial charge in [0.05, 0.1) is 5.52 Å². The third-order valence-electron chi connectivity index (χ3n) is 2.94. The van der Waals surface area contributed by atoms with Gasteiger partial charge in [0, 0.05) is 25.1 Å². The van der Waals surface area contributed by atoms with Crippen LogP contribution in [0.1, 0.15) is 30.1 Å². The summed E-state index contributed by atoms with van der Waals surface area (Å²) in [7, 11) is 1.63. The maximum absolute atomic E-state index is 11.9. The molecule has 0 saturated heterocycles. The molecule has 1 unspecified atom stereocenters. The molecule has 0 aliphatic carbocycles. The Labute approximate surface area is 104 Å². The first kappa shape index (κ1) is 12.6. The Morgan fingerprint density at radius 3 is 2.89 bits per heavy atom. The molecule has 0 saturated carbocycles. The van der Waals surface area contributed by atoms with Crippen molar-refractivity contribution in [3.63, 3.8) is 0 Å². The molecule has 0 fully saturated rings. The molecule has 1 heterocycles. The van der Waals surface area contributed by atoms with E-state index in [2.05, 4.69) is 0 Å². The zero-order valence-corrected chi connectivity index (χ0v) is 10.5. The van der Waals surface area contributed by atoms with Gasteiger partial charge in [0.1, 0.15) is 0 Å². The van der Waals surface area contributed by atoms with Gasteiger partial charge in [-0.3, -0.25) is 9.36 Å². The SMILES string of the molecule is CC(N)CCC(=O)c1ccc2c(c1)oc(=O)n2C. The first-order valence-electron chi connectivity index (χ1n) is 5.87. The molecule has 0 aliphatic rings. The Balaban J connectivity index is 2.30. The van der Waals surface area contributed by atoms with Crippen LogP contribution in [0.25, 0.3) is 11.1 Å². The summed E-state index contributed by atoms with van der Waals surface area (Å²) < 4.78 is 6.45. The lowest BCUT2D eigenvalue weighted by Gasteiger charge is -2.04. The number of hydrogen-bond donors (Lipinski definition) is 1. The van der Waals surface area contributed by atoms with E-state index in [4.69, 9.17) is 10.2 Å². The van der Waals surface area contributed by atoms with Crippen molar-refractivity contribution in [2.45, 2.75) is 25.8 Å². The third kappa shape index (κ3) is 2.36. The molecule has 0 bridgehead atoms. The van der Waals surface area contributed by atoms with Crippen molar-refractivity contribution < 1.29 is 9.21 Å². The summed E-state index contributed by atoms with van der Waals surface area (Å²) in [4.78, 5) is 23.2. The van der Waals surface area contributed by atoms with Crippen LogP contribution in [0.15, 0.2) is 27.4 Å². The average Bonchev–Trinajstić information content (AvgIpc) is 2.61. The van der Waals surface area contributed by atoms with Gasteiger partial charge in [-0.2, -0.15) is 0 Å².